The number of carboxylic acid groups (broad SMARTS) is 1. The summed E-state index contributed by atoms with van der Waals surface area (Å²) in [6.07, 6.45) is 1.19. The van der Waals surface area contributed by atoms with Crippen molar-refractivity contribution in [3.63, 3.8) is 0 Å². The van der Waals surface area contributed by atoms with E-state index in [1.165, 1.54) is 13.2 Å². The van der Waals surface area contributed by atoms with Crippen molar-refractivity contribution in [2.75, 3.05) is 10.6 Å². The van der Waals surface area contributed by atoms with Crippen molar-refractivity contribution in [3.05, 3.63) is 84.3 Å². The van der Waals surface area contributed by atoms with Gasteiger partial charge in [0.15, 0.2) is 5.76 Å². The zero-order chi connectivity index (χ0) is 20.9. The van der Waals surface area contributed by atoms with E-state index in [1.807, 2.05) is 0 Å². The van der Waals surface area contributed by atoms with Gasteiger partial charge in [-0.05, 0) is 48.9 Å². The summed E-state index contributed by atoms with van der Waals surface area (Å²) >= 11 is 0. The summed E-state index contributed by atoms with van der Waals surface area (Å²) in [7, 11) is 0. The van der Waals surface area contributed by atoms with Crippen LogP contribution in [0.15, 0.2) is 77.4 Å². The number of carbonyl (C=O) groups is 3. The monoisotopic (exact) mass is 392 g/mol. The fourth-order valence-electron chi connectivity index (χ4n) is 2.87. The lowest BCUT2D eigenvalue weighted by Crippen LogP contribution is -2.36. The maximum absolute atomic E-state index is 12.5. The minimum atomic E-state index is -1.34. The second kappa shape index (κ2) is 8.43. The Labute approximate surface area is 167 Å². The Morgan fingerprint density at radius 1 is 0.897 bits per heavy atom. The van der Waals surface area contributed by atoms with Gasteiger partial charge in [0, 0.05) is 17.8 Å². The van der Waals surface area contributed by atoms with E-state index < -0.39 is 17.3 Å². The number of hydrogen-bond donors (Lipinski definition) is 3. The normalized spacial score (nSPS) is 12.6. The Balaban J connectivity index is 1.64. The van der Waals surface area contributed by atoms with Gasteiger partial charge in [-0.3, -0.25) is 14.4 Å². The average Bonchev–Trinajstić information content (AvgIpc) is 3.25. The molecular weight excluding hydrogens is 372 g/mol. The number of furan rings is 1. The molecule has 2 amide bonds. The van der Waals surface area contributed by atoms with Gasteiger partial charge in [0.05, 0.1) is 11.7 Å². The van der Waals surface area contributed by atoms with Gasteiger partial charge in [0.2, 0.25) is 5.91 Å². The van der Waals surface area contributed by atoms with Crippen molar-refractivity contribution in [2.24, 2.45) is 0 Å². The van der Waals surface area contributed by atoms with Crippen LogP contribution in [0.5, 0.6) is 0 Å². The standard InChI is InChI=1S/C22H20N2O5/c1-22(21(27)28,15-6-3-2-4-7-15)14-19(25)23-16-9-11-17(12-10-16)24-20(26)18-8-5-13-29-18/h2-13H,14H2,1H3,(H,23,25)(H,24,26)(H,27,28)/t22-/m1/s1. The third kappa shape index (κ3) is 4.70. The van der Waals surface area contributed by atoms with Crippen LogP contribution in [-0.2, 0) is 15.0 Å². The fraction of sp³-hybridized carbons (Fsp3) is 0.136. The molecule has 29 heavy (non-hydrogen) atoms. The first-order chi connectivity index (χ1) is 13.9. The highest BCUT2D eigenvalue weighted by molar-refractivity contribution is 6.02. The maximum Gasteiger partial charge on any atom is 0.314 e. The van der Waals surface area contributed by atoms with Gasteiger partial charge in [-0.25, -0.2) is 0 Å². The average molecular weight is 392 g/mol. The fourth-order valence-corrected chi connectivity index (χ4v) is 2.87. The molecule has 3 aromatic rings. The molecule has 148 valence electrons. The van der Waals surface area contributed by atoms with Crippen LogP contribution < -0.4 is 10.6 Å². The Bertz CT molecular complexity index is 997. The van der Waals surface area contributed by atoms with Crippen LogP contribution in [0.2, 0.25) is 0 Å². The van der Waals surface area contributed by atoms with Crippen molar-refractivity contribution >= 4 is 29.2 Å². The van der Waals surface area contributed by atoms with Crippen molar-refractivity contribution in [2.45, 2.75) is 18.8 Å². The van der Waals surface area contributed by atoms with E-state index in [-0.39, 0.29) is 18.1 Å². The summed E-state index contributed by atoms with van der Waals surface area (Å²) in [5, 5.41) is 15.0. The van der Waals surface area contributed by atoms with Crippen LogP contribution in [0.25, 0.3) is 0 Å². The lowest BCUT2D eigenvalue weighted by Gasteiger charge is -2.24. The molecule has 0 bridgehead atoms. The van der Waals surface area contributed by atoms with Gasteiger partial charge < -0.3 is 20.2 Å². The van der Waals surface area contributed by atoms with Crippen molar-refractivity contribution in [3.8, 4) is 0 Å². The zero-order valence-corrected chi connectivity index (χ0v) is 15.7. The quantitative estimate of drug-likeness (QED) is 0.565. The molecule has 1 atom stereocenters. The molecule has 0 saturated heterocycles. The van der Waals surface area contributed by atoms with E-state index in [9.17, 15) is 19.5 Å². The Hall–Kier alpha value is -3.87. The highest BCUT2D eigenvalue weighted by atomic mass is 16.4. The van der Waals surface area contributed by atoms with Gasteiger partial charge in [-0.1, -0.05) is 30.3 Å². The molecule has 1 aromatic heterocycles. The molecule has 0 saturated carbocycles. The molecule has 0 radical (unpaired) electrons. The van der Waals surface area contributed by atoms with Gasteiger partial charge in [-0.15, -0.1) is 0 Å². The molecule has 0 aliphatic heterocycles. The highest BCUT2D eigenvalue weighted by Crippen LogP contribution is 2.28. The molecule has 1 heterocycles. The van der Waals surface area contributed by atoms with Crippen LogP contribution in [0, 0.1) is 0 Å². The minimum Gasteiger partial charge on any atom is -0.481 e. The smallest absolute Gasteiger partial charge is 0.314 e. The van der Waals surface area contributed by atoms with Crippen molar-refractivity contribution < 1.29 is 23.9 Å². The second-order valence-electron chi connectivity index (χ2n) is 6.74. The summed E-state index contributed by atoms with van der Waals surface area (Å²) in [6.45, 7) is 1.53. The van der Waals surface area contributed by atoms with Crippen LogP contribution in [-0.4, -0.2) is 22.9 Å². The molecular formula is C22H20N2O5. The third-order valence-electron chi connectivity index (χ3n) is 4.57. The van der Waals surface area contributed by atoms with E-state index in [0.717, 1.165) is 0 Å². The summed E-state index contributed by atoms with van der Waals surface area (Å²) in [6, 6.07) is 18.3. The van der Waals surface area contributed by atoms with Crippen LogP contribution >= 0.6 is 0 Å². The summed E-state index contributed by atoms with van der Waals surface area (Å²) in [5.74, 6) is -1.69. The summed E-state index contributed by atoms with van der Waals surface area (Å²) in [4.78, 5) is 36.3. The number of hydrogen-bond acceptors (Lipinski definition) is 4. The Kier molecular flexibility index (Phi) is 5.78. The molecule has 0 spiro atoms. The second-order valence-corrected chi connectivity index (χ2v) is 6.74. The van der Waals surface area contributed by atoms with Crippen molar-refractivity contribution in [1.29, 1.82) is 0 Å². The predicted molar refractivity (Wildman–Crippen MR) is 108 cm³/mol. The SMILES string of the molecule is C[C@](CC(=O)Nc1ccc(NC(=O)c2ccco2)cc1)(C(=O)O)c1ccccc1. The highest BCUT2D eigenvalue weighted by Gasteiger charge is 2.37. The van der Waals surface area contributed by atoms with E-state index in [1.54, 1.807) is 66.7 Å². The number of rotatable bonds is 7. The molecule has 2 aromatic carbocycles. The van der Waals surface area contributed by atoms with Gasteiger partial charge in [-0.2, -0.15) is 0 Å². The zero-order valence-electron chi connectivity index (χ0n) is 15.7. The van der Waals surface area contributed by atoms with Crippen LogP contribution in [0.1, 0.15) is 29.5 Å². The third-order valence-corrected chi connectivity index (χ3v) is 4.57. The van der Waals surface area contributed by atoms with E-state index in [2.05, 4.69) is 10.6 Å². The number of anilines is 2. The van der Waals surface area contributed by atoms with Crippen LogP contribution in [0.4, 0.5) is 11.4 Å². The van der Waals surface area contributed by atoms with E-state index in [0.29, 0.717) is 16.9 Å². The van der Waals surface area contributed by atoms with Gasteiger partial charge in [0.25, 0.3) is 5.91 Å². The van der Waals surface area contributed by atoms with E-state index >= 15 is 0 Å². The van der Waals surface area contributed by atoms with Crippen LogP contribution in [0.3, 0.4) is 0 Å². The lowest BCUT2D eigenvalue weighted by molar-refractivity contribution is -0.145. The minimum absolute atomic E-state index is 0.191. The Morgan fingerprint density at radius 3 is 2.07 bits per heavy atom. The molecule has 7 nitrogen and oxygen atoms in total. The van der Waals surface area contributed by atoms with Gasteiger partial charge >= 0.3 is 5.97 Å². The topological polar surface area (TPSA) is 109 Å². The Morgan fingerprint density at radius 2 is 1.52 bits per heavy atom. The number of benzene rings is 2. The predicted octanol–water partition coefficient (Wildman–Crippen LogP) is 3.90. The summed E-state index contributed by atoms with van der Waals surface area (Å²) in [5.41, 5.74) is 0.233. The van der Waals surface area contributed by atoms with Gasteiger partial charge in [0.1, 0.15) is 0 Å². The molecule has 0 unspecified atom stereocenters. The molecule has 0 aliphatic carbocycles. The molecule has 0 fully saturated rings. The number of nitrogens with one attached hydrogen (secondary N) is 2. The first kappa shape index (κ1) is 19.9. The van der Waals surface area contributed by atoms with Crippen molar-refractivity contribution in [1.82, 2.24) is 0 Å². The first-order valence-electron chi connectivity index (χ1n) is 8.92. The largest absolute Gasteiger partial charge is 0.481 e. The molecule has 3 rings (SSSR count). The number of carbonyl (C=O) groups excluding carboxylic acids is 2. The van der Waals surface area contributed by atoms with E-state index in [4.69, 9.17) is 4.42 Å². The molecule has 0 aliphatic rings. The molecule has 7 heteroatoms. The summed E-state index contributed by atoms with van der Waals surface area (Å²) < 4.78 is 5.03. The number of carboxylic acids is 1. The number of amides is 2. The number of aliphatic carboxylic acids is 1. The lowest BCUT2D eigenvalue weighted by atomic mass is 9.79. The molecule has 3 N–H and O–H groups in total. The maximum atomic E-state index is 12.5. The first-order valence-corrected chi connectivity index (χ1v) is 8.92.